The SMILES string of the molecule is COc1cc(CNC(C)CCc2ccccc2)cc(Cl)c1OCc1ccc(Cl)cc1.Cl. The lowest BCUT2D eigenvalue weighted by Crippen LogP contribution is -2.26. The first-order valence-corrected chi connectivity index (χ1v) is 10.8. The number of rotatable bonds is 10. The maximum atomic E-state index is 6.51. The van der Waals surface area contributed by atoms with Gasteiger partial charge in [0.05, 0.1) is 12.1 Å². The maximum Gasteiger partial charge on any atom is 0.180 e. The van der Waals surface area contributed by atoms with Gasteiger partial charge in [-0.2, -0.15) is 0 Å². The number of benzene rings is 3. The molecule has 0 saturated heterocycles. The second kappa shape index (κ2) is 12.8. The molecule has 1 N–H and O–H groups in total. The summed E-state index contributed by atoms with van der Waals surface area (Å²) in [4.78, 5) is 0. The Kier molecular flexibility index (Phi) is 10.5. The fourth-order valence-electron chi connectivity index (χ4n) is 3.17. The Morgan fingerprint density at radius 3 is 2.29 bits per heavy atom. The molecule has 0 bridgehead atoms. The van der Waals surface area contributed by atoms with Crippen molar-refractivity contribution in [2.75, 3.05) is 7.11 Å². The molecule has 3 aromatic carbocycles. The molecule has 0 saturated carbocycles. The van der Waals surface area contributed by atoms with Gasteiger partial charge in [0.25, 0.3) is 0 Å². The van der Waals surface area contributed by atoms with Crippen LogP contribution in [0, 0.1) is 0 Å². The van der Waals surface area contributed by atoms with E-state index in [1.54, 1.807) is 7.11 Å². The van der Waals surface area contributed by atoms with Crippen molar-refractivity contribution < 1.29 is 9.47 Å². The minimum atomic E-state index is 0. The van der Waals surface area contributed by atoms with Crippen LogP contribution in [0.1, 0.15) is 30.0 Å². The predicted octanol–water partition coefficient (Wildman–Crippen LogP) is 7.11. The van der Waals surface area contributed by atoms with Gasteiger partial charge in [0.15, 0.2) is 11.5 Å². The van der Waals surface area contributed by atoms with Crippen molar-refractivity contribution in [1.82, 2.24) is 5.32 Å². The Hall–Kier alpha value is -1.91. The van der Waals surface area contributed by atoms with Crippen molar-refractivity contribution >= 4 is 35.6 Å². The lowest BCUT2D eigenvalue weighted by atomic mass is 10.1. The Balaban J connectivity index is 0.00000341. The molecule has 3 nitrogen and oxygen atoms in total. The van der Waals surface area contributed by atoms with Gasteiger partial charge in [0.2, 0.25) is 0 Å². The van der Waals surface area contributed by atoms with Crippen molar-refractivity contribution in [3.63, 3.8) is 0 Å². The highest BCUT2D eigenvalue weighted by Crippen LogP contribution is 2.37. The topological polar surface area (TPSA) is 30.5 Å². The first-order valence-electron chi connectivity index (χ1n) is 10.1. The summed E-state index contributed by atoms with van der Waals surface area (Å²) in [5.74, 6) is 1.18. The van der Waals surface area contributed by atoms with E-state index in [4.69, 9.17) is 32.7 Å². The van der Waals surface area contributed by atoms with Gasteiger partial charge in [0.1, 0.15) is 6.61 Å². The smallest absolute Gasteiger partial charge is 0.180 e. The Morgan fingerprint density at radius 2 is 1.61 bits per heavy atom. The number of halogens is 3. The van der Waals surface area contributed by atoms with Crippen LogP contribution < -0.4 is 14.8 Å². The molecule has 0 heterocycles. The number of nitrogens with one attached hydrogen (secondary N) is 1. The molecule has 0 aliphatic heterocycles. The molecule has 31 heavy (non-hydrogen) atoms. The molecule has 0 aliphatic carbocycles. The Labute approximate surface area is 201 Å². The van der Waals surface area contributed by atoms with Crippen molar-refractivity contribution in [1.29, 1.82) is 0 Å². The van der Waals surface area contributed by atoms with E-state index in [9.17, 15) is 0 Å². The highest BCUT2D eigenvalue weighted by atomic mass is 35.5. The fraction of sp³-hybridized carbons (Fsp3) is 0.280. The number of aryl methyl sites for hydroxylation is 1. The van der Waals surface area contributed by atoms with Gasteiger partial charge in [-0.15, -0.1) is 12.4 Å². The first kappa shape index (κ1) is 25.4. The van der Waals surface area contributed by atoms with Gasteiger partial charge in [-0.3, -0.25) is 0 Å². The second-order valence-corrected chi connectivity index (χ2v) is 8.17. The summed E-state index contributed by atoms with van der Waals surface area (Å²) < 4.78 is 11.5. The highest BCUT2D eigenvalue weighted by Gasteiger charge is 2.13. The van der Waals surface area contributed by atoms with Crippen LogP contribution in [0.15, 0.2) is 66.7 Å². The van der Waals surface area contributed by atoms with E-state index in [0.29, 0.717) is 40.7 Å². The molecular formula is C25H28Cl3NO2. The third-order valence-corrected chi connectivity index (χ3v) is 5.48. The molecule has 3 rings (SSSR count). The van der Waals surface area contributed by atoms with Crippen LogP contribution >= 0.6 is 35.6 Å². The van der Waals surface area contributed by atoms with Crippen molar-refractivity contribution in [3.05, 3.63) is 93.5 Å². The third-order valence-electron chi connectivity index (χ3n) is 4.95. The molecule has 3 aromatic rings. The third kappa shape index (κ3) is 7.93. The number of hydrogen-bond donors (Lipinski definition) is 1. The number of hydrogen-bond acceptors (Lipinski definition) is 3. The van der Waals surface area contributed by atoms with E-state index >= 15 is 0 Å². The summed E-state index contributed by atoms with van der Waals surface area (Å²) >= 11 is 12.4. The molecule has 166 valence electrons. The van der Waals surface area contributed by atoms with Gasteiger partial charge in [0, 0.05) is 17.6 Å². The summed E-state index contributed by atoms with van der Waals surface area (Å²) in [5.41, 5.74) is 3.43. The van der Waals surface area contributed by atoms with Crippen molar-refractivity contribution in [2.24, 2.45) is 0 Å². The van der Waals surface area contributed by atoms with Gasteiger partial charge >= 0.3 is 0 Å². The van der Waals surface area contributed by atoms with Crippen LogP contribution in [0.3, 0.4) is 0 Å². The van der Waals surface area contributed by atoms with E-state index in [-0.39, 0.29) is 12.4 Å². The normalized spacial score (nSPS) is 11.5. The Morgan fingerprint density at radius 1 is 0.903 bits per heavy atom. The van der Waals surface area contributed by atoms with Crippen molar-refractivity contribution in [3.8, 4) is 11.5 Å². The van der Waals surface area contributed by atoms with Crippen LogP contribution in [0.25, 0.3) is 0 Å². The molecule has 0 aliphatic rings. The Bertz CT molecular complexity index is 934. The van der Waals surface area contributed by atoms with Gasteiger partial charge in [-0.25, -0.2) is 0 Å². The average molecular weight is 481 g/mol. The average Bonchev–Trinajstić information content (AvgIpc) is 2.77. The molecule has 0 spiro atoms. The minimum absolute atomic E-state index is 0. The molecular weight excluding hydrogens is 453 g/mol. The number of methoxy groups -OCH3 is 1. The molecule has 0 aromatic heterocycles. The lowest BCUT2D eigenvalue weighted by molar-refractivity contribution is 0.284. The zero-order valence-corrected chi connectivity index (χ0v) is 20.1. The van der Waals surface area contributed by atoms with Gasteiger partial charge in [-0.05, 0) is 60.7 Å². The summed E-state index contributed by atoms with van der Waals surface area (Å²) in [6.45, 7) is 3.30. The van der Waals surface area contributed by atoms with E-state index < -0.39 is 0 Å². The van der Waals surface area contributed by atoms with Crippen LogP contribution in [-0.2, 0) is 19.6 Å². The first-order chi connectivity index (χ1) is 14.5. The molecule has 0 fully saturated rings. The predicted molar refractivity (Wildman–Crippen MR) is 132 cm³/mol. The highest BCUT2D eigenvalue weighted by molar-refractivity contribution is 6.32. The van der Waals surface area contributed by atoms with Crippen molar-refractivity contribution in [2.45, 2.75) is 39.0 Å². The van der Waals surface area contributed by atoms with E-state index in [0.717, 1.165) is 24.0 Å². The second-order valence-electron chi connectivity index (χ2n) is 7.33. The summed E-state index contributed by atoms with van der Waals surface area (Å²) in [5, 5.41) is 4.80. The van der Waals surface area contributed by atoms with E-state index in [1.165, 1.54) is 5.56 Å². The molecule has 1 atom stereocenters. The maximum absolute atomic E-state index is 6.51. The van der Waals surface area contributed by atoms with E-state index in [1.807, 2.05) is 42.5 Å². The quantitative estimate of drug-likeness (QED) is 0.335. The van der Waals surface area contributed by atoms with Crippen LogP contribution in [0.5, 0.6) is 11.5 Å². The van der Waals surface area contributed by atoms with Crippen LogP contribution in [0.4, 0.5) is 0 Å². The van der Waals surface area contributed by atoms with Gasteiger partial charge < -0.3 is 14.8 Å². The van der Waals surface area contributed by atoms with Crippen LogP contribution in [0.2, 0.25) is 10.0 Å². The minimum Gasteiger partial charge on any atom is -0.493 e. The van der Waals surface area contributed by atoms with Crippen LogP contribution in [-0.4, -0.2) is 13.2 Å². The lowest BCUT2D eigenvalue weighted by Gasteiger charge is -2.17. The zero-order valence-electron chi connectivity index (χ0n) is 17.7. The zero-order chi connectivity index (χ0) is 21.3. The fourth-order valence-corrected chi connectivity index (χ4v) is 3.59. The largest absolute Gasteiger partial charge is 0.493 e. The van der Waals surface area contributed by atoms with Gasteiger partial charge in [-0.1, -0.05) is 65.7 Å². The number of ether oxygens (including phenoxy) is 2. The monoisotopic (exact) mass is 479 g/mol. The molecule has 0 radical (unpaired) electrons. The molecule has 0 amide bonds. The summed E-state index contributed by atoms with van der Waals surface area (Å²) in [6.07, 6.45) is 2.12. The standard InChI is InChI=1S/C25H27Cl2NO2.ClH/c1-18(8-9-19-6-4-3-5-7-19)28-16-21-14-23(27)25(24(15-21)29-2)30-17-20-10-12-22(26)13-11-20;/h3-7,10-15,18,28H,8-9,16-17H2,1-2H3;1H. The molecule has 1 unspecified atom stereocenters. The summed E-state index contributed by atoms with van der Waals surface area (Å²) in [7, 11) is 1.63. The summed E-state index contributed by atoms with van der Waals surface area (Å²) in [6, 6.07) is 22.4. The van der Waals surface area contributed by atoms with E-state index in [2.05, 4.69) is 36.5 Å². The molecule has 6 heteroatoms.